The first-order valence-electron chi connectivity index (χ1n) is 7.26. The van der Waals surface area contributed by atoms with Gasteiger partial charge in [-0.15, -0.1) is 5.10 Å². The smallest absolute Gasteiger partial charge is 0.251 e. The summed E-state index contributed by atoms with van der Waals surface area (Å²) in [6.07, 6.45) is 1.75. The number of hydrogen-bond donors (Lipinski definition) is 2. The van der Waals surface area contributed by atoms with Gasteiger partial charge in [0.05, 0.1) is 25.0 Å². The second-order valence-corrected chi connectivity index (χ2v) is 5.74. The zero-order chi connectivity index (χ0) is 16.8. The molecule has 2 amide bonds. The highest BCUT2D eigenvalue weighted by Gasteiger charge is 2.08. The second-order valence-electron chi connectivity index (χ2n) is 4.96. The number of carbonyl (C=O) groups is 2. The van der Waals surface area contributed by atoms with E-state index in [0.717, 1.165) is 5.69 Å². The van der Waals surface area contributed by atoms with Gasteiger partial charge in [-0.3, -0.25) is 9.59 Å². The Hall–Kier alpha value is -3.00. The van der Waals surface area contributed by atoms with Crippen molar-refractivity contribution in [3.63, 3.8) is 0 Å². The Morgan fingerprint density at radius 1 is 1.12 bits per heavy atom. The quantitative estimate of drug-likeness (QED) is 0.709. The largest absolute Gasteiger partial charge is 0.349 e. The SMILES string of the molecule is O=C(CNC(=O)c1ccccc1)NCc1cn(-c2ccsc2)nn1. The molecule has 7 nitrogen and oxygen atoms in total. The molecule has 2 aromatic heterocycles. The minimum absolute atomic E-state index is 0.0909. The minimum atomic E-state index is -0.288. The third kappa shape index (κ3) is 4.05. The second kappa shape index (κ2) is 7.51. The lowest BCUT2D eigenvalue weighted by Crippen LogP contribution is -2.36. The van der Waals surface area contributed by atoms with Crippen LogP contribution in [0.1, 0.15) is 16.1 Å². The summed E-state index contributed by atoms with van der Waals surface area (Å²) in [6, 6.07) is 10.7. The van der Waals surface area contributed by atoms with Crippen molar-refractivity contribution in [2.45, 2.75) is 6.54 Å². The van der Waals surface area contributed by atoms with Crippen LogP contribution in [-0.2, 0) is 11.3 Å². The van der Waals surface area contributed by atoms with Crippen LogP contribution < -0.4 is 10.6 Å². The van der Waals surface area contributed by atoms with Crippen molar-refractivity contribution >= 4 is 23.2 Å². The van der Waals surface area contributed by atoms with Crippen LogP contribution in [0.2, 0.25) is 0 Å². The number of thiophene rings is 1. The van der Waals surface area contributed by atoms with Crippen LogP contribution in [-0.4, -0.2) is 33.4 Å². The van der Waals surface area contributed by atoms with Gasteiger partial charge >= 0.3 is 0 Å². The molecular weight excluding hydrogens is 326 g/mol. The van der Waals surface area contributed by atoms with Gasteiger partial charge in [-0.2, -0.15) is 11.3 Å². The van der Waals surface area contributed by atoms with Gasteiger partial charge in [0.25, 0.3) is 5.91 Å². The third-order valence-corrected chi connectivity index (χ3v) is 3.89. The van der Waals surface area contributed by atoms with E-state index in [1.807, 2.05) is 22.9 Å². The number of rotatable bonds is 6. The van der Waals surface area contributed by atoms with E-state index in [4.69, 9.17) is 0 Å². The average molecular weight is 341 g/mol. The molecule has 0 spiro atoms. The van der Waals surface area contributed by atoms with E-state index in [-0.39, 0.29) is 24.9 Å². The minimum Gasteiger partial charge on any atom is -0.349 e. The summed E-state index contributed by atoms with van der Waals surface area (Å²) >= 11 is 1.57. The number of amides is 2. The van der Waals surface area contributed by atoms with Gasteiger partial charge in [0.15, 0.2) is 0 Å². The van der Waals surface area contributed by atoms with Crippen molar-refractivity contribution in [1.82, 2.24) is 25.6 Å². The summed E-state index contributed by atoms with van der Waals surface area (Å²) in [5.74, 6) is -0.571. The van der Waals surface area contributed by atoms with Gasteiger partial charge in [-0.25, -0.2) is 4.68 Å². The summed E-state index contributed by atoms with van der Waals surface area (Å²) in [5.41, 5.74) is 2.09. The lowest BCUT2D eigenvalue weighted by molar-refractivity contribution is -0.120. The summed E-state index contributed by atoms with van der Waals surface area (Å²) in [4.78, 5) is 23.7. The first-order chi connectivity index (χ1) is 11.7. The van der Waals surface area contributed by atoms with Gasteiger partial charge in [-0.05, 0) is 23.6 Å². The van der Waals surface area contributed by atoms with E-state index in [9.17, 15) is 9.59 Å². The molecule has 0 aliphatic heterocycles. The number of aromatic nitrogens is 3. The van der Waals surface area contributed by atoms with E-state index in [1.165, 1.54) is 0 Å². The molecule has 1 aromatic carbocycles. The highest BCUT2D eigenvalue weighted by atomic mass is 32.1. The molecule has 0 saturated heterocycles. The lowest BCUT2D eigenvalue weighted by atomic mass is 10.2. The van der Waals surface area contributed by atoms with Crippen LogP contribution in [0, 0.1) is 0 Å². The Morgan fingerprint density at radius 2 is 1.96 bits per heavy atom. The Morgan fingerprint density at radius 3 is 2.71 bits per heavy atom. The number of benzene rings is 1. The Kier molecular flexibility index (Phi) is 4.97. The molecule has 0 atom stereocenters. The van der Waals surface area contributed by atoms with Crippen molar-refractivity contribution in [1.29, 1.82) is 0 Å². The normalized spacial score (nSPS) is 10.3. The van der Waals surface area contributed by atoms with Gasteiger partial charge < -0.3 is 10.6 Å². The van der Waals surface area contributed by atoms with Crippen molar-refractivity contribution in [2.24, 2.45) is 0 Å². The molecular formula is C16H15N5O2S. The van der Waals surface area contributed by atoms with Crippen molar-refractivity contribution < 1.29 is 9.59 Å². The fraction of sp³-hybridized carbons (Fsp3) is 0.125. The molecule has 0 unspecified atom stereocenters. The molecule has 0 fully saturated rings. The van der Waals surface area contributed by atoms with Gasteiger partial charge in [0.1, 0.15) is 5.69 Å². The number of carbonyl (C=O) groups excluding carboxylic acids is 2. The van der Waals surface area contributed by atoms with Gasteiger partial charge in [-0.1, -0.05) is 23.4 Å². The zero-order valence-corrected chi connectivity index (χ0v) is 13.5. The molecule has 0 aliphatic rings. The summed E-state index contributed by atoms with van der Waals surface area (Å²) in [5, 5.41) is 17.2. The highest BCUT2D eigenvalue weighted by Crippen LogP contribution is 2.10. The number of nitrogens with one attached hydrogen (secondary N) is 2. The number of nitrogens with zero attached hydrogens (tertiary/aromatic N) is 3. The maximum atomic E-state index is 11.8. The van der Waals surface area contributed by atoms with E-state index < -0.39 is 0 Å². The molecule has 122 valence electrons. The Bertz CT molecular complexity index is 814. The Labute approximate surface area is 142 Å². The van der Waals surface area contributed by atoms with Crippen LogP contribution in [0.5, 0.6) is 0 Å². The third-order valence-electron chi connectivity index (χ3n) is 3.22. The summed E-state index contributed by atoms with van der Waals surface area (Å²) < 4.78 is 1.65. The summed E-state index contributed by atoms with van der Waals surface area (Å²) in [7, 11) is 0. The van der Waals surface area contributed by atoms with Crippen LogP contribution in [0.4, 0.5) is 0 Å². The molecule has 3 rings (SSSR count). The first kappa shape index (κ1) is 15.9. The molecule has 0 radical (unpaired) electrons. The molecule has 8 heteroatoms. The van der Waals surface area contributed by atoms with E-state index in [2.05, 4.69) is 20.9 Å². The predicted molar refractivity (Wildman–Crippen MR) is 89.9 cm³/mol. The van der Waals surface area contributed by atoms with Crippen LogP contribution in [0.25, 0.3) is 5.69 Å². The van der Waals surface area contributed by atoms with E-state index >= 15 is 0 Å². The van der Waals surface area contributed by atoms with E-state index in [1.54, 1.807) is 46.5 Å². The van der Waals surface area contributed by atoms with Crippen molar-refractivity contribution in [3.8, 4) is 5.69 Å². The lowest BCUT2D eigenvalue weighted by Gasteiger charge is -2.05. The number of hydrogen-bond acceptors (Lipinski definition) is 5. The maximum absolute atomic E-state index is 11.8. The fourth-order valence-corrected chi connectivity index (χ4v) is 2.62. The first-order valence-corrected chi connectivity index (χ1v) is 8.20. The molecule has 24 heavy (non-hydrogen) atoms. The molecule has 2 N–H and O–H groups in total. The monoisotopic (exact) mass is 341 g/mol. The van der Waals surface area contributed by atoms with Crippen LogP contribution in [0.15, 0.2) is 53.4 Å². The zero-order valence-electron chi connectivity index (χ0n) is 12.7. The molecule has 2 heterocycles. The predicted octanol–water partition coefficient (Wildman–Crippen LogP) is 1.37. The van der Waals surface area contributed by atoms with Gasteiger partial charge in [0, 0.05) is 10.9 Å². The van der Waals surface area contributed by atoms with Crippen LogP contribution in [0.3, 0.4) is 0 Å². The molecule has 3 aromatic rings. The average Bonchev–Trinajstić information content (AvgIpc) is 3.29. The highest BCUT2D eigenvalue weighted by molar-refractivity contribution is 7.08. The Balaban J connectivity index is 1.45. The van der Waals surface area contributed by atoms with Crippen molar-refractivity contribution in [2.75, 3.05) is 6.54 Å². The molecule has 0 aliphatic carbocycles. The fourth-order valence-electron chi connectivity index (χ4n) is 2.00. The maximum Gasteiger partial charge on any atom is 0.251 e. The van der Waals surface area contributed by atoms with E-state index in [0.29, 0.717) is 11.3 Å². The van der Waals surface area contributed by atoms with Crippen molar-refractivity contribution in [3.05, 3.63) is 64.6 Å². The summed E-state index contributed by atoms with van der Waals surface area (Å²) in [6.45, 7) is 0.163. The molecule has 0 bridgehead atoms. The van der Waals surface area contributed by atoms with Gasteiger partial charge in [0.2, 0.25) is 5.91 Å². The topological polar surface area (TPSA) is 88.9 Å². The standard InChI is InChI=1S/C16H15N5O2S/c22-15(9-18-16(23)12-4-2-1-3-5-12)17-8-13-10-21(20-19-13)14-6-7-24-11-14/h1-7,10-11H,8-9H2,(H,17,22)(H,18,23). The van der Waals surface area contributed by atoms with Crippen LogP contribution >= 0.6 is 11.3 Å². The molecule has 0 saturated carbocycles.